The normalized spacial score (nSPS) is 18.8. The van der Waals surface area contributed by atoms with Crippen molar-refractivity contribution in [3.05, 3.63) is 52.5 Å². The molecule has 0 radical (unpaired) electrons. The molecule has 1 aliphatic rings. The van der Waals surface area contributed by atoms with E-state index in [1.807, 2.05) is 24.3 Å². The summed E-state index contributed by atoms with van der Waals surface area (Å²) in [5.74, 6) is 0.179. The van der Waals surface area contributed by atoms with E-state index in [1.165, 1.54) is 6.92 Å². The Morgan fingerprint density at radius 1 is 1.07 bits per heavy atom. The summed E-state index contributed by atoms with van der Waals surface area (Å²) in [6.07, 6.45) is 0.604. The number of benzene rings is 2. The molecule has 3 rings (SSSR count). The molecule has 0 bridgehead atoms. The van der Waals surface area contributed by atoms with Crippen LogP contribution >= 0.6 is 15.9 Å². The Morgan fingerprint density at radius 3 is 2.48 bits per heavy atom. The van der Waals surface area contributed by atoms with Gasteiger partial charge in [-0.3, -0.25) is 9.59 Å². The second kappa shape index (κ2) is 8.51. The van der Waals surface area contributed by atoms with Crippen LogP contribution in [-0.2, 0) is 9.59 Å². The average Bonchev–Trinajstić information content (AvgIpc) is 3.13. The minimum atomic E-state index is -0.407. The van der Waals surface area contributed by atoms with Crippen LogP contribution in [0.4, 0.5) is 11.4 Å². The van der Waals surface area contributed by atoms with E-state index in [0.29, 0.717) is 23.5 Å². The zero-order valence-corrected chi connectivity index (χ0v) is 16.6. The van der Waals surface area contributed by atoms with Gasteiger partial charge < -0.3 is 15.4 Å². The molecule has 2 atom stereocenters. The van der Waals surface area contributed by atoms with E-state index in [1.54, 1.807) is 25.3 Å². The van der Waals surface area contributed by atoms with Crippen LogP contribution in [0.25, 0.3) is 0 Å². The smallest absolute Gasteiger partial charge is 0.242 e. The Bertz CT molecular complexity index is 841. The Hall–Kier alpha value is -2.42. The van der Waals surface area contributed by atoms with Crippen LogP contribution in [0.15, 0.2) is 46.9 Å². The predicted octanol–water partition coefficient (Wildman–Crippen LogP) is 2.96. The van der Waals surface area contributed by atoms with E-state index in [2.05, 4.69) is 37.4 Å². The molecule has 2 aromatic carbocycles. The van der Waals surface area contributed by atoms with Gasteiger partial charge in [0, 0.05) is 23.5 Å². The van der Waals surface area contributed by atoms with E-state index in [4.69, 9.17) is 4.74 Å². The molecular formula is C19H21BrN4O3. The first-order valence-electron chi connectivity index (χ1n) is 8.49. The van der Waals surface area contributed by atoms with Gasteiger partial charge in [-0.15, -0.1) is 0 Å². The van der Waals surface area contributed by atoms with Crippen molar-refractivity contribution in [3.63, 3.8) is 0 Å². The van der Waals surface area contributed by atoms with Crippen LogP contribution < -0.4 is 26.2 Å². The molecule has 1 aliphatic heterocycles. The molecule has 1 heterocycles. The number of hydrogen-bond acceptors (Lipinski definition) is 5. The molecule has 0 saturated carbocycles. The van der Waals surface area contributed by atoms with Crippen molar-refractivity contribution in [2.45, 2.75) is 25.4 Å². The molecule has 8 heteroatoms. The zero-order chi connectivity index (χ0) is 19.4. The van der Waals surface area contributed by atoms with Crippen LogP contribution in [0, 0.1) is 0 Å². The van der Waals surface area contributed by atoms with Crippen LogP contribution in [0.1, 0.15) is 24.9 Å². The molecular weight excluding hydrogens is 412 g/mol. The number of nitrogens with one attached hydrogen (secondary N) is 4. The molecule has 0 spiro atoms. The summed E-state index contributed by atoms with van der Waals surface area (Å²) >= 11 is 3.42. The summed E-state index contributed by atoms with van der Waals surface area (Å²) in [5.41, 5.74) is 8.30. The summed E-state index contributed by atoms with van der Waals surface area (Å²) in [4.78, 5) is 24.1. The Balaban J connectivity index is 1.70. The quantitative estimate of drug-likeness (QED) is 0.582. The van der Waals surface area contributed by atoms with Crippen molar-refractivity contribution >= 4 is 39.1 Å². The molecule has 7 nitrogen and oxygen atoms in total. The number of carbonyl (C=O) groups excluding carboxylic acids is 2. The third kappa shape index (κ3) is 4.85. The number of amides is 2. The third-order valence-electron chi connectivity index (χ3n) is 4.29. The number of methoxy groups -OCH3 is 1. The maximum Gasteiger partial charge on any atom is 0.242 e. The summed E-state index contributed by atoms with van der Waals surface area (Å²) in [7, 11) is 1.55. The molecule has 2 aromatic rings. The van der Waals surface area contributed by atoms with Crippen molar-refractivity contribution in [2.24, 2.45) is 0 Å². The molecule has 142 valence electrons. The van der Waals surface area contributed by atoms with Gasteiger partial charge in [0.1, 0.15) is 11.8 Å². The highest BCUT2D eigenvalue weighted by Gasteiger charge is 2.30. The van der Waals surface area contributed by atoms with Gasteiger partial charge in [-0.2, -0.15) is 0 Å². The van der Waals surface area contributed by atoms with Gasteiger partial charge in [0.15, 0.2) is 0 Å². The van der Waals surface area contributed by atoms with E-state index >= 15 is 0 Å². The number of ether oxygens (including phenoxy) is 1. The number of anilines is 2. The lowest BCUT2D eigenvalue weighted by molar-refractivity contribution is -0.118. The molecule has 2 amide bonds. The van der Waals surface area contributed by atoms with Crippen molar-refractivity contribution in [1.82, 2.24) is 10.9 Å². The highest BCUT2D eigenvalue weighted by atomic mass is 79.9. The largest absolute Gasteiger partial charge is 0.497 e. The summed E-state index contributed by atoms with van der Waals surface area (Å²) in [6, 6.07) is 12.7. The lowest BCUT2D eigenvalue weighted by Gasteiger charge is -2.15. The van der Waals surface area contributed by atoms with E-state index in [-0.39, 0.29) is 17.9 Å². The molecule has 4 N–H and O–H groups in total. The number of carbonyl (C=O) groups is 2. The summed E-state index contributed by atoms with van der Waals surface area (Å²) < 4.78 is 6.22. The van der Waals surface area contributed by atoms with E-state index < -0.39 is 6.04 Å². The molecule has 2 unspecified atom stereocenters. The Kier molecular flexibility index (Phi) is 6.10. The minimum absolute atomic E-state index is 0.0361. The van der Waals surface area contributed by atoms with Gasteiger partial charge in [0.25, 0.3) is 0 Å². The molecule has 0 aromatic heterocycles. The minimum Gasteiger partial charge on any atom is -0.497 e. The van der Waals surface area contributed by atoms with Gasteiger partial charge >= 0.3 is 0 Å². The van der Waals surface area contributed by atoms with Gasteiger partial charge in [-0.05, 0) is 36.2 Å². The molecule has 0 aliphatic carbocycles. The SMILES string of the molecule is COc1ccc(NC(C)=O)c(NC(=O)C2CC(c3ccc(Br)cc3)NN2)c1. The lowest BCUT2D eigenvalue weighted by atomic mass is 10.0. The van der Waals surface area contributed by atoms with Crippen LogP contribution in [0.5, 0.6) is 5.75 Å². The fraction of sp³-hybridized carbons (Fsp3) is 0.263. The molecule has 27 heavy (non-hydrogen) atoms. The monoisotopic (exact) mass is 432 g/mol. The summed E-state index contributed by atoms with van der Waals surface area (Å²) in [5, 5.41) is 5.58. The average molecular weight is 433 g/mol. The fourth-order valence-corrected chi connectivity index (χ4v) is 3.18. The van der Waals surface area contributed by atoms with Gasteiger partial charge in [0.05, 0.1) is 18.5 Å². The maximum atomic E-state index is 12.7. The highest BCUT2D eigenvalue weighted by Crippen LogP contribution is 2.29. The maximum absolute atomic E-state index is 12.7. The second-order valence-electron chi connectivity index (χ2n) is 6.26. The van der Waals surface area contributed by atoms with Gasteiger partial charge in [-0.1, -0.05) is 28.1 Å². The van der Waals surface area contributed by atoms with E-state index in [0.717, 1.165) is 10.0 Å². The van der Waals surface area contributed by atoms with Crippen LogP contribution in [0.2, 0.25) is 0 Å². The predicted molar refractivity (Wildman–Crippen MR) is 107 cm³/mol. The van der Waals surface area contributed by atoms with Crippen molar-refractivity contribution < 1.29 is 14.3 Å². The standard InChI is InChI=1S/C19H21BrN4O3/c1-11(25)21-15-8-7-14(27-2)9-17(15)22-19(26)18-10-16(23-24-18)12-3-5-13(20)6-4-12/h3-9,16,18,23-24H,10H2,1-2H3,(H,21,25)(H,22,26). The van der Waals surface area contributed by atoms with Crippen LogP contribution in [0.3, 0.4) is 0 Å². The summed E-state index contributed by atoms with van der Waals surface area (Å²) in [6.45, 7) is 1.42. The third-order valence-corrected chi connectivity index (χ3v) is 4.82. The van der Waals surface area contributed by atoms with Crippen LogP contribution in [-0.4, -0.2) is 25.0 Å². The van der Waals surface area contributed by atoms with E-state index in [9.17, 15) is 9.59 Å². The number of halogens is 1. The topological polar surface area (TPSA) is 91.5 Å². The number of rotatable bonds is 5. The van der Waals surface area contributed by atoms with Gasteiger partial charge in [0.2, 0.25) is 11.8 Å². The lowest BCUT2D eigenvalue weighted by Crippen LogP contribution is -2.39. The van der Waals surface area contributed by atoms with Gasteiger partial charge in [-0.25, -0.2) is 10.9 Å². The Labute approximate surface area is 166 Å². The van der Waals surface area contributed by atoms with Crippen molar-refractivity contribution in [2.75, 3.05) is 17.7 Å². The zero-order valence-electron chi connectivity index (χ0n) is 15.0. The van der Waals surface area contributed by atoms with Crippen molar-refractivity contribution in [1.29, 1.82) is 0 Å². The first-order valence-corrected chi connectivity index (χ1v) is 9.28. The first kappa shape index (κ1) is 19.3. The fourth-order valence-electron chi connectivity index (χ4n) is 2.91. The molecule has 1 saturated heterocycles. The second-order valence-corrected chi connectivity index (χ2v) is 7.18. The first-order chi connectivity index (χ1) is 13.0. The number of hydrogen-bond donors (Lipinski definition) is 4. The molecule has 1 fully saturated rings. The Morgan fingerprint density at radius 2 is 1.81 bits per heavy atom. The number of hydrazine groups is 1. The highest BCUT2D eigenvalue weighted by molar-refractivity contribution is 9.10. The van der Waals surface area contributed by atoms with Crippen molar-refractivity contribution in [3.8, 4) is 5.75 Å².